The second-order valence-corrected chi connectivity index (χ2v) is 4.58. The lowest BCUT2D eigenvalue weighted by atomic mass is 10.2. The Bertz CT molecular complexity index is 738. The fourth-order valence-electron chi connectivity index (χ4n) is 1.93. The van der Waals surface area contributed by atoms with Crippen LogP contribution in [0.3, 0.4) is 0 Å². The zero-order valence-electron chi connectivity index (χ0n) is 11.4. The van der Waals surface area contributed by atoms with Gasteiger partial charge in [-0.2, -0.15) is 0 Å². The molecular formula is C14H15N3O4. The van der Waals surface area contributed by atoms with Crippen LogP contribution in [0.25, 0.3) is 10.9 Å². The van der Waals surface area contributed by atoms with E-state index in [9.17, 15) is 14.4 Å². The molecule has 0 bridgehead atoms. The highest BCUT2D eigenvalue weighted by Crippen LogP contribution is 2.08. The Kier molecular flexibility index (Phi) is 4.32. The van der Waals surface area contributed by atoms with Crippen molar-refractivity contribution in [2.75, 3.05) is 6.54 Å². The fourth-order valence-corrected chi connectivity index (χ4v) is 1.93. The van der Waals surface area contributed by atoms with E-state index in [2.05, 4.69) is 10.3 Å². The van der Waals surface area contributed by atoms with E-state index in [1.807, 2.05) is 0 Å². The van der Waals surface area contributed by atoms with Crippen molar-refractivity contribution in [2.24, 2.45) is 0 Å². The summed E-state index contributed by atoms with van der Waals surface area (Å²) in [6.07, 6.45) is 1.16. The maximum absolute atomic E-state index is 12.3. The van der Waals surface area contributed by atoms with E-state index >= 15 is 0 Å². The van der Waals surface area contributed by atoms with Gasteiger partial charge < -0.3 is 10.4 Å². The van der Waals surface area contributed by atoms with Crippen LogP contribution in [0.15, 0.2) is 35.4 Å². The molecule has 1 aromatic heterocycles. The monoisotopic (exact) mass is 289 g/mol. The third-order valence-electron chi connectivity index (χ3n) is 3.12. The lowest BCUT2D eigenvalue weighted by Crippen LogP contribution is -2.36. The van der Waals surface area contributed by atoms with Gasteiger partial charge in [-0.3, -0.25) is 19.0 Å². The van der Waals surface area contributed by atoms with Gasteiger partial charge in [0.25, 0.3) is 5.56 Å². The van der Waals surface area contributed by atoms with E-state index < -0.39 is 17.9 Å². The van der Waals surface area contributed by atoms with Crippen LogP contribution in [0.1, 0.15) is 19.4 Å². The molecule has 7 nitrogen and oxygen atoms in total. The standard InChI is InChI=1S/C14H15N3O4/c1-9(13(20)15-7-6-12(18)19)17-8-16-11-5-3-2-4-10(11)14(17)21/h2-5,8-9H,6-7H2,1H3,(H,15,20)(H,18,19). The fraction of sp³-hybridized carbons (Fsp3) is 0.286. The average molecular weight is 289 g/mol. The smallest absolute Gasteiger partial charge is 0.305 e. The average Bonchev–Trinajstić information content (AvgIpc) is 2.47. The normalized spacial score (nSPS) is 12.0. The molecule has 21 heavy (non-hydrogen) atoms. The molecule has 2 aromatic rings. The van der Waals surface area contributed by atoms with E-state index in [1.54, 1.807) is 31.2 Å². The zero-order chi connectivity index (χ0) is 15.4. The zero-order valence-corrected chi connectivity index (χ0v) is 11.4. The van der Waals surface area contributed by atoms with Gasteiger partial charge in [-0.1, -0.05) is 12.1 Å². The number of benzene rings is 1. The predicted octanol–water partition coefficient (Wildman–Crippen LogP) is 0.548. The summed E-state index contributed by atoms with van der Waals surface area (Å²) < 4.78 is 1.23. The van der Waals surface area contributed by atoms with Crippen molar-refractivity contribution in [1.82, 2.24) is 14.9 Å². The van der Waals surface area contributed by atoms with Gasteiger partial charge in [-0.15, -0.1) is 0 Å². The number of nitrogens with zero attached hydrogens (tertiary/aromatic N) is 2. The topological polar surface area (TPSA) is 101 Å². The summed E-state index contributed by atoms with van der Waals surface area (Å²) in [6, 6.07) is 6.12. The van der Waals surface area contributed by atoms with Crippen molar-refractivity contribution in [3.8, 4) is 0 Å². The molecule has 0 radical (unpaired) electrons. The maximum atomic E-state index is 12.3. The molecular weight excluding hydrogens is 274 g/mol. The van der Waals surface area contributed by atoms with Gasteiger partial charge in [-0.05, 0) is 19.1 Å². The SMILES string of the molecule is CC(C(=O)NCCC(=O)O)n1cnc2ccccc2c1=O. The third-order valence-corrected chi connectivity index (χ3v) is 3.12. The molecule has 7 heteroatoms. The summed E-state index contributed by atoms with van der Waals surface area (Å²) >= 11 is 0. The van der Waals surface area contributed by atoms with Crippen molar-refractivity contribution < 1.29 is 14.7 Å². The Balaban J connectivity index is 2.21. The molecule has 2 rings (SSSR count). The van der Waals surface area contributed by atoms with E-state index in [0.717, 1.165) is 0 Å². The van der Waals surface area contributed by atoms with E-state index in [1.165, 1.54) is 10.9 Å². The van der Waals surface area contributed by atoms with Crippen LogP contribution in [0.4, 0.5) is 0 Å². The number of carbonyl (C=O) groups is 2. The number of hydrogen-bond acceptors (Lipinski definition) is 4. The Morgan fingerprint density at radius 1 is 1.38 bits per heavy atom. The molecule has 0 spiro atoms. The van der Waals surface area contributed by atoms with Crippen molar-refractivity contribution in [3.05, 3.63) is 40.9 Å². The minimum absolute atomic E-state index is 0.0221. The number of carboxylic acid groups (broad SMARTS) is 1. The number of fused-ring (bicyclic) bond motifs is 1. The molecule has 0 aliphatic rings. The van der Waals surface area contributed by atoms with Crippen LogP contribution in [-0.4, -0.2) is 33.1 Å². The Morgan fingerprint density at radius 2 is 2.10 bits per heavy atom. The number of carbonyl (C=O) groups excluding carboxylic acids is 1. The molecule has 1 unspecified atom stereocenters. The van der Waals surface area contributed by atoms with E-state index in [4.69, 9.17) is 5.11 Å². The Hall–Kier alpha value is -2.70. The molecule has 1 heterocycles. The number of carboxylic acids is 1. The van der Waals surface area contributed by atoms with E-state index in [0.29, 0.717) is 10.9 Å². The summed E-state index contributed by atoms with van der Waals surface area (Å²) in [4.78, 5) is 38.8. The summed E-state index contributed by atoms with van der Waals surface area (Å²) in [5, 5.41) is 11.4. The second-order valence-electron chi connectivity index (χ2n) is 4.58. The summed E-state index contributed by atoms with van der Waals surface area (Å²) in [7, 11) is 0. The molecule has 1 aromatic carbocycles. The molecule has 0 saturated carbocycles. The van der Waals surface area contributed by atoms with Crippen LogP contribution < -0.4 is 10.9 Å². The molecule has 110 valence electrons. The van der Waals surface area contributed by atoms with Gasteiger partial charge in [0.2, 0.25) is 5.91 Å². The number of nitrogens with one attached hydrogen (secondary N) is 1. The van der Waals surface area contributed by atoms with Crippen molar-refractivity contribution in [3.63, 3.8) is 0 Å². The highest BCUT2D eigenvalue weighted by molar-refractivity contribution is 5.81. The van der Waals surface area contributed by atoms with Crippen molar-refractivity contribution >= 4 is 22.8 Å². The van der Waals surface area contributed by atoms with Crippen LogP contribution >= 0.6 is 0 Å². The van der Waals surface area contributed by atoms with Gasteiger partial charge in [0.15, 0.2) is 0 Å². The molecule has 1 amide bonds. The minimum atomic E-state index is -0.993. The first-order chi connectivity index (χ1) is 10.0. The summed E-state index contributed by atoms with van der Waals surface area (Å²) in [5.41, 5.74) is 0.263. The summed E-state index contributed by atoms with van der Waals surface area (Å²) in [5.74, 6) is -1.41. The van der Waals surface area contributed by atoms with Crippen molar-refractivity contribution in [2.45, 2.75) is 19.4 Å². The van der Waals surface area contributed by atoms with Crippen LogP contribution in [0.5, 0.6) is 0 Å². The maximum Gasteiger partial charge on any atom is 0.305 e. The Labute approximate surface area is 120 Å². The molecule has 1 atom stereocenters. The number of aliphatic carboxylic acids is 1. The third kappa shape index (κ3) is 3.25. The number of hydrogen-bond donors (Lipinski definition) is 2. The van der Waals surface area contributed by atoms with Gasteiger partial charge >= 0.3 is 5.97 Å². The lowest BCUT2D eigenvalue weighted by Gasteiger charge is -2.14. The first-order valence-electron chi connectivity index (χ1n) is 6.46. The van der Waals surface area contributed by atoms with Crippen LogP contribution in [-0.2, 0) is 9.59 Å². The van der Waals surface area contributed by atoms with Gasteiger partial charge in [0.1, 0.15) is 6.04 Å². The highest BCUT2D eigenvalue weighted by atomic mass is 16.4. The highest BCUT2D eigenvalue weighted by Gasteiger charge is 2.17. The quantitative estimate of drug-likeness (QED) is 0.837. The van der Waals surface area contributed by atoms with E-state index in [-0.39, 0.29) is 18.5 Å². The molecule has 0 fully saturated rings. The number of para-hydroxylation sites is 1. The lowest BCUT2D eigenvalue weighted by molar-refractivity contribution is -0.137. The largest absolute Gasteiger partial charge is 0.481 e. The van der Waals surface area contributed by atoms with Gasteiger partial charge in [0, 0.05) is 6.54 Å². The number of aromatic nitrogens is 2. The first kappa shape index (κ1) is 14.7. The Morgan fingerprint density at radius 3 is 2.81 bits per heavy atom. The molecule has 0 aliphatic heterocycles. The van der Waals surface area contributed by atoms with Crippen molar-refractivity contribution in [1.29, 1.82) is 0 Å². The van der Waals surface area contributed by atoms with Gasteiger partial charge in [0.05, 0.1) is 23.7 Å². The molecule has 0 aliphatic carbocycles. The number of amides is 1. The predicted molar refractivity (Wildman–Crippen MR) is 76.0 cm³/mol. The van der Waals surface area contributed by atoms with Crippen LogP contribution in [0, 0.1) is 0 Å². The molecule has 0 saturated heterocycles. The summed E-state index contributed by atoms with van der Waals surface area (Å²) in [6.45, 7) is 1.59. The van der Waals surface area contributed by atoms with Gasteiger partial charge in [-0.25, -0.2) is 4.98 Å². The second kappa shape index (κ2) is 6.17. The molecule has 2 N–H and O–H groups in total. The van der Waals surface area contributed by atoms with Crippen LogP contribution in [0.2, 0.25) is 0 Å². The first-order valence-corrected chi connectivity index (χ1v) is 6.46. The minimum Gasteiger partial charge on any atom is -0.481 e. The number of rotatable bonds is 5.